The van der Waals surface area contributed by atoms with Gasteiger partial charge in [0.25, 0.3) is 0 Å². The van der Waals surface area contributed by atoms with Gasteiger partial charge in [-0.05, 0) is 68.9 Å². The third-order valence-corrected chi connectivity index (χ3v) is 5.83. The fourth-order valence-electron chi connectivity index (χ4n) is 4.10. The monoisotopic (exact) mass is 335 g/mol. The van der Waals surface area contributed by atoms with Crippen LogP contribution in [0.15, 0.2) is 16.1 Å². The van der Waals surface area contributed by atoms with Crippen LogP contribution in [-0.4, -0.2) is 24.5 Å². The molecule has 0 fully saturated rings. The van der Waals surface area contributed by atoms with E-state index in [0.29, 0.717) is 17.9 Å². The number of aliphatic imine (C=N–C) groups is 1. The number of allylic oxidation sites excluding steroid dienone is 2. The first-order valence-electron chi connectivity index (χ1n) is 10.1. The lowest BCUT2D eigenvalue weighted by atomic mass is 9.70. The van der Waals surface area contributed by atoms with Gasteiger partial charge < -0.3 is 5.11 Å². The van der Waals surface area contributed by atoms with E-state index in [1.54, 1.807) is 11.1 Å². The summed E-state index contributed by atoms with van der Waals surface area (Å²) in [6.07, 6.45) is 13.7. The van der Waals surface area contributed by atoms with Crippen molar-refractivity contribution < 1.29 is 5.11 Å². The summed E-state index contributed by atoms with van der Waals surface area (Å²) in [5.74, 6) is 1.54. The minimum Gasteiger partial charge on any atom is -0.394 e. The van der Waals surface area contributed by atoms with E-state index in [-0.39, 0.29) is 6.61 Å². The van der Waals surface area contributed by atoms with Crippen molar-refractivity contribution >= 4 is 6.21 Å². The molecule has 1 rings (SSSR count). The Morgan fingerprint density at radius 3 is 2.54 bits per heavy atom. The number of hydrogen-bond acceptors (Lipinski definition) is 2. The summed E-state index contributed by atoms with van der Waals surface area (Å²) in [5.41, 5.74) is 3.87. The van der Waals surface area contributed by atoms with E-state index in [1.165, 1.54) is 51.4 Å². The molecule has 0 aromatic heterocycles. The summed E-state index contributed by atoms with van der Waals surface area (Å²) in [6, 6.07) is 0. The molecule has 24 heavy (non-hydrogen) atoms. The van der Waals surface area contributed by atoms with Gasteiger partial charge in [0.2, 0.25) is 0 Å². The second kappa shape index (κ2) is 11.1. The number of hydrogen-bond donors (Lipinski definition) is 1. The lowest BCUT2D eigenvalue weighted by Gasteiger charge is -2.35. The van der Waals surface area contributed by atoms with Gasteiger partial charge in [0.05, 0.1) is 13.2 Å². The Balaban J connectivity index is 2.23. The molecule has 0 heterocycles. The van der Waals surface area contributed by atoms with E-state index in [0.717, 1.165) is 12.3 Å². The number of aliphatic hydroxyl groups excluding tert-OH is 1. The zero-order chi connectivity index (χ0) is 18.0. The lowest BCUT2D eigenvalue weighted by Crippen LogP contribution is -2.20. The van der Waals surface area contributed by atoms with Gasteiger partial charge in [-0.25, -0.2) is 0 Å². The molecular formula is C22H41NO. The van der Waals surface area contributed by atoms with Crippen LogP contribution in [0.2, 0.25) is 0 Å². The summed E-state index contributed by atoms with van der Waals surface area (Å²) in [6.45, 7) is 12.7. The molecule has 0 spiro atoms. The van der Waals surface area contributed by atoms with E-state index in [9.17, 15) is 0 Å². The summed E-state index contributed by atoms with van der Waals surface area (Å²) in [4.78, 5) is 4.19. The fraction of sp³-hybridized carbons (Fsp3) is 0.864. The van der Waals surface area contributed by atoms with Crippen molar-refractivity contribution in [3.63, 3.8) is 0 Å². The van der Waals surface area contributed by atoms with Crippen LogP contribution in [0.5, 0.6) is 0 Å². The van der Waals surface area contributed by atoms with Gasteiger partial charge in [-0.3, -0.25) is 4.99 Å². The van der Waals surface area contributed by atoms with Crippen molar-refractivity contribution in [2.45, 2.75) is 92.4 Å². The molecule has 0 aromatic rings. The number of rotatable bonds is 11. The number of nitrogens with zero attached hydrogens (tertiary/aromatic N) is 1. The van der Waals surface area contributed by atoms with Crippen molar-refractivity contribution in [1.29, 1.82) is 0 Å². The first kappa shape index (κ1) is 21.4. The molecule has 1 aliphatic carbocycles. The van der Waals surface area contributed by atoms with Crippen LogP contribution >= 0.6 is 0 Å². The van der Waals surface area contributed by atoms with E-state index < -0.39 is 0 Å². The van der Waals surface area contributed by atoms with Crippen molar-refractivity contribution in [2.75, 3.05) is 13.2 Å². The Hall–Kier alpha value is -0.630. The van der Waals surface area contributed by atoms with Gasteiger partial charge in [0.1, 0.15) is 0 Å². The van der Waals surface area contributed by atoms with Crippen LogP contribution in [0.3, 0.4) is 0 Å². The van der Waals surface area contributed by atoms with Crippen molar-refractivity contribution in [3.8, 4) is 0 Å². The molecule has 2 nitrogen and oxygen atoms in total. The minimum absolute atomic E-state index is 0.162. The molecule has 1 aliphatic rings. The molecular weight excluding hydrogens is 294 g/mol. The van der Waals surface area contributed by atoms with Crippen LogP contribution in [0.4, 0.5) is 0 Å². The summed E-state index contributed by atoms with van der Waals surface area (Å²) < 4.78 is 0. The molecule has 0 saturated carbocycles. The van der Waals surface area contributed by atoms with Gasteiger partial charge in [0, 0.05) is 0 Å². The lowest BCUT2D eigenvalue weighted by molar-refractivity contribution is 0.307. The van der Waals surface area contributed by atoms with Crippen LogP contribution in [0.1, 0.15) is 92.4 Å². The molecule has 0 amide bonds. The Morgan fingerprint density at radius 1 is 1.17 bits per heavy atom. The zero-order valence-electron chi connectivity index (χ0n) is 16.9. The molecule has 2 atom stereocenters. The first-order valence-corrected chi connectivity index (χ1v) is 10.1. The van der Waals surface area contributed by atoms with Gasteiger partial charge in [-0.2, -0.15) is 0 Å². The average molecular weight is 336 g/mol. The third-order valence-electron chi connectivity index (χ3n) is 5.83. The number of aliphatic hydroxyl groups is 1. The summed E-state index contributed by atoms with van der Waals surface area (Å²) in [7, 11) is 0. The maximum absolute atomic E-state index is 8.71. The van der Waals surface area contributed by atoms with E-state index >= 15 is 0 Å². The molecule has 140 valence electrons. The second-order valence-corrected chi connectivity index (χ2v) is 8.72. The largest absolute Gasteiger partial charge is 0.394 e. The van der Waals surface area contributed by atoms with Crippen LogP contribution in [0.25, 0.3) is 0 Å². The van der Waals surface area contributed by atoms with Crippen molar-refractivity contribution in [2.24, 2.45) is 22.2 Å². The molecule has 0 radical (unpaired) electrons. The topological polar surface area (TPSA) is 32.6 Å². The SMILES string of the molecule is CC1=C(CCC(C)CCCC(C)CC=NCCO)C(C)(C)CCC1. The van der Waals surface area contributed by atoms with Crippen molar-refractivity contribution in [3.05, 3.63) is 11.1 Å². The Bertz CT molecular complexity index is 408. The van der Waals surface area contributed by atoms with Crippen LogP contribution in [0, 0.1) is 17.3 Å². The fourth-order valence-corrected chi connectivity index (χ4v) is 4.10. The predicted molar refractivity (Wildman–Crippen MR) is 107 cm³/mol. The van der Waals surface area contributed by atoms with Crippen LogP contribution in [-0.2, 0) is 0 Å². The minimum atomic E-state index is 0.162. The highest BCUT2D eigenvalue weighted by Crippen LogP contribution is 2.42. The average Bonchev–Trinajstić information content (AvgIpc) is 2.50. The smallest absolute Gasteiger partial charge is 0.0626 e. The third kappa shape index (κ3) is 7.96. The molecule has 0 bridgehead atoms. The Labute approximate surface area is 150 Å². The van der Waals surface area contributed by atoms with E-state index in [4.69, 9.17) is 5.11 Å². The van der Waals surface area contributed by atoms with Gasteiger partial charge in [-0.15, -0.1) is 0 Å². The summed E-state index contributed by atoms with van der Waals surface area (Å²) in [5, 5.41) is 8.71. The normalized spacial score (nSPS) is 20.6. The molecule has 0 aliphatic heterocycles. The summed E-state index contributed by atoms with van der Waals surface area (Å²) >= 11 is 0. The van der Waals surface area contributed by atoms with E-state index in [2.05, 4.69) is 39.6 Å². The molecule has 0 saturated heterocycles. The molecule has 2 unspecified atom stereocenters. The quantitative estimate of drug-likeness (QED) is 0.354. The zero-order valence-corrected chi connectivity index (χ0v) is 16.9. The predicted octanol–water partition coefficient (Wildman–Crippen LogP) is 6.19. The second-order valence-electron chi connectivity index (χ2n) is 8.72. The Morgan fingerprint density at radius 2 is 1.88 bits per heavy atom. The molecule has 2 heteroatoms. The first-order chi connectivity index (χ1) is 11.4. The maximum atomic E-state index is 8.71. The molecule has 0 aromatic carbocycles. The standard InChI is InChI=1S/C22H41NO/c1-18(8-6-9-19(2)13-15-23-16-17-24)11-12-21-20(3)10-7-14-22(21,4)5/h15,18-19,24H,6-14,16-17H2,1-5H3. The van der Waals surface area contributed by atoms with Gasteiger partial charge in [-0.1, -0.05) is 58.1 Å². The highest BCUT2D eigenvalue weighted by atomic mass is 16.3. The Kier molecular flexibility index (Phi) is 9.88. The highest BCUT2D eigenvalue weighted by molar-refractivity contribution is 5.57. The highest BCUT2D eigenvalue weighted by Gasteiger charge is 2.27. The van der Waals surface area contributed by atoms with Crippen LogP contribution < -0.4 is 0 Å². The maximum Gasteiger partial charge on any atom is 0.0626 e. The van der Waals surface area contributed by atoms with Gasteiger partial charge >= 0.3 is 0 Å². The van der Waals surface area contributed by atoms with Gasteiger partial charge in [0.15, 0.2) is 0 Å². The molecule has 1 N–H and O–H groups in total. The van der Waals surface area contributed by atoms with Crippen molar-refractivity contribution in [1.82, 2.24) is 0 Å². The van der Waals surface area contributed by atoms with E-state index in [1.807, 2.05) is 6.21 Å².